The maximum absolute atomic E-state index is 5.71. The molecular formula is C20H22N2. The summed E-state index contributed by atoms with van der Waals surface area (Å²) in [5, 5.41) is 1.18. The Hall–Kier alpha value is -2.19. The molecule has 0 aliphatic carbocycles. The number of aromatic nitrogens is 1. The number of hydrogen-bond acceptors (Lipinski definition) is 2. The van der Waals surface area contributed by atoms with Gasteiger partial charge in [-0.25, -0.2) is 4.98 Å². The van der Waals surface area contributed by atoms with Crippen LogP contribution in [0.3, 0.4) is 0 Å². The van der Waals surface area contributed by atoms with Crippen molar-refractivity contribution in [3.05, 3.63) is 66.2 Å². The minimum Gasteiger partial charge on any atom is -0.330 e. The maximum Gasteiger partial charge on any atom is 0.0709 e. The van der Waals surface area contributed by atoms with Gasteiger partial charge in [0.15, 0.2) is 0 Å². The number of rotatable bonds is 5. The van der Waals surface area contributed by atoms with Crippen LogP contribution in [0.4, 0.5) is 0 Å². The molecule has 2 aromatic carbocycles. The van der Waals surface area contributed by atoms with Gasteiger partial charge in [0.1, 0.15) is 0 Å². The minimum atomic E-state index is 0.559. The van der Waals surface area contributed by atoms with Crippen LogP contribution in [0.2, 0.25) is 0 Å². The van der Waals surface area contributed by atoms with Crippen LogP contribution in [0.5, 0.6) is 0 Å². The van der Waals surface area contributed by atoms with E-state index in [4.69, 9.17) is 10.7 Å². The highest BCUT2D eigenvalue weighted by Crippen LogP contribution is 2.26. The molecule has 3 rings (SSSR count). The molecule has 0 spiro atoms. The molecule has 0 saturated carbocycles. The molecule has 0 aliphatic heterocycles. The molecule has 0 bridgehead atoms. The summed E-state index contributed by atoms with van der Waals surface area (Å²) in [6.45, 7) is 2.96. The van der Waals surface area contributed by atoms with Crippen LogP contribution in [0, 0.1) is 0 Å². The van der Waals surface area contributed by atoms with Gasteiger partial charge in [-0.1, -0.05) is 55.5 Å². The lowest BCUT2D eigenvalue weighted by Gasteiger charge is -2.14. The smallest absolute Gasteiger partial charge is 0.0709 e. The van der Waals surface area contributed by atoms with Crippen molar-refractivity contribution in [3.63, 3.8) is 0 Å². The molecule has 3 aromatic rings. The van der Waals surface area contributed by atoms with Gasteiger partial charge in [0, 0.05) is 10.9 Å². The van der Waals surface area contributed by atoms with Crippen molar-refractivity contribution in [2.75, 3.05) is 6.54 Å². The summed E-state index contributed by atoms with van der Waals surface area (Å²) in [6.07, 6.45) is 2.18. The third-order valence-corrected chi connectivity index (χ3v) is 4.28. The Morgan fingerprint density at radius 2 is 1.73 bits per heavy atom. The summed E-state index contributed by atoms with van der Waals surface area (Å²) >= 11 is 0. The van der Waals surface area contributed by atoms with Crippen molar-refractivity contribution < 1.29 is 0 Å². The largest absolute Gasteiger partial charge is 0.330 e. The Labute approximate surface area is 132 Å². The molecular weight excluding hydrogens is 268 g/mol. The van der Waals surface area contributed by atoms with Gasteiger partial charge in [-0.3, -0.25) is 0 Å². The Bertz CT molecular complexity index is 747. The number of pyridine rings is 1. The quantitative estimate of drug-likeness (QED) is 0.737. The van der Waals surface area contributed by atoms with Crippen LogP contribution in [-0.2, 0) is 0 Å². The van der Waals surface area contributed by atoms with Crippen molar-refractivity contribution in [2.24, 2.45) is 5.73 Å². The molecule has 0 radical (unpaired) electrons. The molecule has 2 heteroatoms. The van der Waals surface area contributed by atoms with Crippen LogP contribution in [0.1, 0.15) is 31.2 Å². The molecule has 0 saturated heterocycles. The minimum absolute atomic E-state index is 0.559. The lowest BCUT2D eigenvalue weighted by Crippen LogP contribution is -2.06. The van der Waals surface area contributed by atoms with Crippen LogP contribution in [0.25, 0.3) is 22.2 Å². The SMILES string of the molecule is CCC(CCN)c1ccc(-c2ccc3ccccc3n2)cc1. The lowest BCUT2D eigenvalue weighted by atomic mass is 9.92. The van der Waals surface area contributed by atoms with Crippen molar-refractivity contribution in [2.45, 2.75) is 25.7 Å². The zero-order valence-electron chi connectivity index (χ0n) is 13.0. The van der Waals surface area contributed by atoms with Crippen molar-refractivity contribution in [3.8, 4) is 11.3 Å². The topological polar surface area (TPSA) is 38.9 Å². The second kappa shape index (κ2) is 6.71. The highest BCUT2D eigenvalue weighted by molar-refractivity contribution is 5.81. The number of fused-ring (bicyclic) bond motifs is 1. The molecule has 112 valence electrons. The molecule has 1 unspecified atom stereocenters. The standard InChI is InChI=1S/C20H22N2/c1-2-15(13-14-21)16-7-9-18(10-8-16)20-12-11-17-5-3-4-6-19(17)22-20/h3-12,15H,2,13-14,21H2,1H3. The number of benzene rings is 2. The third kappa shape index (κ3) is 3.02. The molecule has 1 aromatic heterocycles. The van der Waals surface area contributed by atoms with Gasteiger partial charge in [0.2, 0.25) is 0 Å². The second-order valence-electron chi connectivity index (χ2n) is 5.69. The van der Waals surface area contributed by atoms with Crippen LogP contribution < -0.4 is 5.73 Å². The first-order chi connectivity index (χ1) is 10.8. The molecule has 1 atom stereocenters. The van der Waals surface area contributed by atoms with Gasteiger partial charge in [-0.15, -0.1) is 0 Å². The van der Waals surface area contributed by atoms with Gasteiger partial charge < -0.3 is 5.73 Å². The van der Waals surface area contributed by atoms with E-state index in [0.29, 0.717) is 5.92 Å². The number of hydrogen-bond donors (Lipinski definition) is 1. The van der Waals surface area contributed by atoms with E-state index in [2.05, 4.69) is 55.5 Å². The average Bonchev–Trinajstić information content (AvgIpc) is 2.59. The lowest BCUT2D eigenvalue weighted by molar-refractivity contribution is 0.614. The van der Waals surface area contributed by atoms with E-state index in [0.717, 1.165) is 36.2 Å². The molecule has 22 heavy (non-hydrogen) atoms. The molecule has 2 N–H and O–H groups in total. The summed E-state index contributed by atoms with van der Waals surface area (Å²) in [5.41, 5.74) is 10.3. The number of para-hydroxylation sites is 1. The zero-order chi connectivity index (χ0) is 15.4. The van der Waals surface area contributed by atoms with E-state index >= 15 is 0 Å². The monoisotopic (exact) mass is 290 g/mol. The van der Waals surface area contributed by atoms with E-state index in [1.165, 1.54) is 10.9 Å². The molecule has 2 nitrogen and oxygen atoms in total. The van der Waals surface area contributed by atoms with Gasteiger partial charge in [0.25, 0.3) is 0 Å². The predicted molar refractivity (Wildman–Crippen MR) is 93.9 cm³/mol. The molecule has 0 aliphatic rings. The highest BCUT2D eigenvalue weighted by atomic mass is 14.7. The Balaban J connectivity index is 1.90. The maximum atomic E-state index is 5.71. The first kappa shape index (κ1) is 14.7. The fourth-order valence-electron chi connectivity index (χ4n) is 2.96. The summed E-state index contributed by atoms with van der Waals surface area (Å²) in [7, 11) is 0. The Morgan fingerprint density at radius 1 is 0.955 bits per heavy atom. The number of nitrogens with two attached hydrogens (primary N) is 1. The molecule has 1 heterocycles. The van der Waals surface area contributed by atoms with E-state index in [-0.39, 0.29) is 0 Å². The highest BCUT2D eigenvalue weighted by Gasteiger charge is 2.09. The van der Waals surface area contributed by atoms with Crippen molar-refractivity contribution in [1.29, 1.82) is 0 Å². The van der Waals surface area contributed by atoms with E-state index in [9.17, 15) is 0 Å². The third-order valence-electron chi connectivity index (χ3n) is 4.28. The average molecular weight is 290 g/mol. The van der Waals surface area contributed by atoms with Crippen LogP contribution in [0.15, 0.2) is 60.7 Å². The number of nitrogens with zero attached hydrogens (tertiary/aromatic N) is 1. The van der Waals surface area contributed by atoms with Gasteiger partial charge in [-0.2, -0.15) is 0 Å². The first-order valence-electron chi connectivity index (χ1n) is 7.98. The van der Waals surface area contributed by atoms with Gasteiger partial charge in [-0.05, 0) is 43.0 Å². The normalized spacial score (nSPS) is 12.5. The predicted octanol–water partition coefficient (Wildman–Crippen LogP) is 4.74. The second-order valence-corrected chi connectivity index (χ2v) is 5.69. The summed E-state index contributed by atoms with van der Waals surface area (Å²) < 4.78 is 0. The van der Waals surface area contributed by atoms with Crippen LogP contribution >= 0.6 is 0 Å². The fraction of sp³-hybridized carbons (Fsp3) is 0.250. The van der Waals surface area contributed by atoms with Crippen LogP contribution in [-0.4, -0.2) is 11.5 Å². The summed E-state index contributed by atoms with van der Waals surface area (Å²) in [4.78, 5) is 4.76. The fourth-order valence-corrected chi connectivity index (χ4v) is 2.96. The van der Waals surface area contributed by atoms with Crippen molar-refractivity contribution in [1.82, 2.24) is 4.98 Å². The van der Waals surface area contributed by atoms with Gasteiger partial charge >= 0.3 is 0 Å². The first-order valence-corrected chi connectivity index (χ1v) is 7.98. The van der Waals surface area contributed by atoms with E-state index < -0.39 is 0 Å². The molecule has 0 amide bonds. The zero-order valence-corrected chi connectivity index (χ0v) is 13.0. The Kier molecular flexibility index (Phi) is 4.50. The summed E-state index contributed by atoms with van der Waals surface area (Å²) in [5.74, 6) is 0.559. The van der Waals surface area contributed by atoms with E-state index in [1.54, 1.807) is 0 Å². The van der Waals surface area contributed by atoms with E-state index in [1.807, 2.05) is 12.1 Å². The van der Waals surface area contributed by atoms with Gasteiger partial charge in [0.05, 0.1) is 11.2 Å². The Morgan fingerprint density at radius 3 is 2.45 bits per heavy atom. The summed E-state index contributed by atoms with van der Waals surface area (Å²) in [6, 6.07) is 21.2. The molecule has 0 fully saturated rings. The van der Waals surface area contributed by atoms with Crippen molar-refractivity contribution >= 4 is 10.9 Å².